The van der Waals surface area contributed by atoms with Gasteiger partial charge in [-0.3, -0.25) is 10.9 Å². The van der Waals surface area contributed by atoms with Crippen LogP contribution < -0.4 is 15.8 Å². The van der Waals surface area contributed by atoms with E-state index < -0.39 is 0 Å². The van der Waals surface area contributed by atoms with Gasteiger partial charge in [-0.1, -0.05) is 28.1 Å². The van der Waals surface area contributed by atoms with Gasteiger partial charge in [0.15, 0.2) is 5.84 Å². The van der Waals surface area contributed by atoms with E-state index in [0.29, 0.717) is 0 Å². The number of nitrogens with zero attached hydrogens (tertiary/aromatic N) is 2. The summed E-state index contributed by atoms with van der Waals surface area (Å²) in [5, 5.41) is 0. The van der Waals surface area contributed by atoms with Crippen molar-refractivity contribution in [3.63, 3.8) is 0 Å². The third-order valence-corrected chi connectivity index (χ3v) is 3.93. The molecule has 19 heavy (non-hydrogen) atoms. The van der Waals surface area contributed by atoms with Crippen LogP contribution >= 0.6 is 15.9 Å². The quantitative estimate of drug-likeness (QED) is 0.781. The monoisotopic (exact) mass is 314 g/mol. The minimum atomic E-state index is 0.870. The Kier molecular flexibility index (Phi) is 2.14. The van der Waals surface area contributed by atoms with Gasteiger partial charge in [-0.05, 0) is 24.3 Å². The predicted molar refractivity (Wildman–Crippen MR) is 81.6 cm³/mol. The molecule has 0 spiro atoms. The van der Waals surface area contributed by atoms with Crippen LogP contribution in [0.1, 0.15) is 5.56 Å². The predicted octanol–water partition coefficient (Wildman–Crippen LogP) is 3.54. The molecule has 0 fully saturated rings. The van der Waals surface area contributed by atoms with E-state index >= 15 is 0 Å². The molecule has 0 unspecified atom stereocenters. The lowest BCUT2D eigenvalue weighted by Gasteiger charge is -2.21. The molecule has 0 aromatic heterocycles. The van der Waals surface area contributed by atoms with Crippen molar-refractivity contribution in [1.82, 2.24) is 5.43 Å². The van der Waals surface area contributed by atoms with E-state index in [1.165, 1.54) is 0 Å². The molecule has 5 heteroatoms. The lowest BCUT2D eigenvalue weighted by molar-refractivity contribution is 1.16. The van der Waals surface area contributed by atoms with E-state index in [4.69, 9.17) is 4.99 Å². The summed E-state index contributed by atoms with van der Waals surface area (Å²) in [5.41, 5.74) is 11.7. The van der Waals surface area contributed by atoms with Crippen molar-refractivity contribution >= 4 is 44.5 Å². The van der Waals surface area contributed by atoms with Crippen LogP contribution in [-0.4, -0.2) is 12.9 Å². The number of aliphatic imine (C=N–C) groups is 1. The number of amidine groups is 1. The molecular formula is C14H11BrN4. The summed E-state index contributed by atoms with van der Waals surface area (Å²) in [6.07, 6.45) is 0. The summed E-state index contributed by atoms with van der Waals surface area (Å²) in [6.45, 7) is 0. The van der Waals surface area contributed by atoms with Crippen LogP contribution in [0.5, 0.6) is 0 Å². The molecule has 94 valence electrons. The molecule has 0 aliphatic carbocycles. The Bertz CT molecular complexity index is 723. The molecule has 4 rings (SSSR count). The van der Waals surface area contributed by atoms with Crippen molar-refractivity contribution in [1.29, 1.82) is 0 Å². The van der Waals surface area contributed by atoms with Gasteiger partial charge < -0.3 is 4.90 Å². The number of anilines is 3. The summed E-state index contributed by atoms with van der Waals surface area (Å²) >= 11 is 3.56. The molecule has 0 saturated heterocycles. The largest absolute Gasteiger partial charge is 0.342 e. The molecule has 2 N–H and O–H groups in total. The Morgan fingerprint density at radius 3 is 2.84 bits per heavy atom. The molecule has 2 heterocycles. The van der Waals surface area contributed by atoms with E-state index in [-0.39, 0.29) is 0 Å². The highest BCUT2D eigenvalue weighted by molar-refractivity contribution is 9.10. The molecule has 2 aliphatic heterocycles. The fourth-order valence-corrected chi connectivity index (χ4v) is 3.02. The fraction of sp³-hybridized carbons (Fsp3) is 0.0714. The van der Waals surface area contributed by atoms with Crippen molar-refractivity contribution in [2.24, 2.45) is 4.99 Å². The normalized spacial score (nSPS) is 14.8. The van der Waals surface area contributed by atoms with Crippen LogP contribution in [0.4, 0.5) is 22.7 Å². The molecule has 4 nitrogen and oxygen atoms in total. The summed E-state index contributed by atoms with van der Waals surface area (Å²) in [7, 11) is 2.07. The third-order valence-electron chi connectivity index (χ3n) is 3.47. The summed E-state index contributed by atoms with van der Waals surface area (Å²) < 4.78 is 1.04. The topological polar surface area (TPSA) is 39.7 Å². The molecule has 0 radical (unpaired) electrons. The number of fused-ring (bicyclic) bond motifs is 1. The number of benzene rings is 2. The molecule has 0 amide bonds. The first-order valence-corrected chi connectivity index (χ1v) is 6.81. The zero-order chi connectivity index (χ0) is 13.0. The average molecular weight is 315 g/mol. The lowest BCUT2D eigenvalue weighted by Crippen LogP contribution is -2.21. The maximum atomic E-state index is 4.72. The highest BCUT2D eigenvalue weighted by Gasteiger charge is 2.27. The van der Waals surface area contributed by atoms with Crippen LogP contribution in [0.3, 0.4) is 0 Å². The Hall–Kier alpha value is -2.01. The number of nitrogens with one attached hydrogen (secondary N) is 2. The van der Waals surface area contributed by atoms with E-state index in [1.807, 2.05) is 18.2 Å². The second kappa shape index (κ2) is 3.74. The molecule has 2 aliphatic rings. The Morgan fingerprint density at radius 2 is 1.95 bits per heavy atom. The second-order valence-corrected chi connectivity index (χ2v) is 5.52. The molecule has 0 atom stereocenters. The minimum Gasteiger partial charge on any atom is -0.342 e. The van der Waals surface area contributed by atoms with E-state index in [0.717, 1.165) is 38.6 Å². The Morgan fingerprint density at radius 1 is 1.11 bits per heavy atom. The van der Waals surface area contributed by atoms with Gasteiger partial charge in [0.05, 0.1) is 28.3 Å². The zero-order valence-electron chi connectivity index (χ0n) is 10.2. The Labute approximate surface area is 119 Å². The number of para-hydroxylation sites is 2. The lowest BCUT2D eigenvalue weighted by atomic mass is 10.1. The van der Waals surface area contributed by atoms with Crippen LogP contribution in [0.2, 0.25) is 0 Å². The molecule has 2 aromatic rings. The fourth-order valence-electron chi connectivity index (χ4n) is 2.57. The number of hydrazine groups is 1. The summed E-state index contributed by atoms with van der Waals surface area (Å²) in [4.78, 5) is 6.89. The third kappa shape index (κ3) is 1.48. The van der Waals surface area contributed by atoms with Gasteiger partial charge in [-0.15, -0.1) is 0 Å². The number of halogens is 1. The summed E-state index contributed by atoms with van der Waals surface area (Å²) in [5.74, 6) is 0.870. The van der Waals surface area contributed by atoms with Crippen molar-refractivity contribution in [2.75, 3.05) is 17.4 Å². The first-order chi connectivity index (χ1) is 9.24. The van der Waals surface area contributed by atoms with Crippen LogP contribution in [-0.2, 0) is 0 Å². The van der Waals surface area contributed by atoms with Gasteiger partial charge in [0.2, 0.25) is 0 Å². The van der Waals surface area contributed by atoms with E-state index in [1.54, 1.807) is 0 Å². The average Bonchev–Trinajstić information content (AvgIpc) is 2.75. The van der Waals surface area contributed by atoms with E-state index in [9.17, 15) is 0 Å². The number of rotatable bonds is 0. The Balaban J connectivity index is 2.08. The summed E-state index contributed by atoms with van der Waals surface area (Å²) in [6, 6.07) is 12.3. The van der Waals surface area contributed by atoms with Gasteiger partial charge in [0.1, 0.15) is 0 Å². The maximum Gasteiger partial charge on any atom is 0.156 e. The highest BCUT2D eigenvalue weighted by Crippen LogP contribution is 2.42. The highest BCUT2D eigenvalue weighted by atomic mass is 79.9. The van der Waals surface area contributed by atoms with E-state index in [2.05, 4.69) is 56.9 Å². The van der Waals surface area contributed by atoms with Crippen molar-refractivity contribution in [3.8, 4) is 0 Å². The van der Waals surface area contributed by atoms with Gasteiger partial charge in [0, 0.05) is 11.5 Å². The number of hydrogen-bond donors (Lipinski definition) is 2. The first-order valence-electron chi connectivity index (χ1n) is 6.01. The smallest absolute Gasteiger partial charge is 0.156 e. The standard InChI is InChI=1S/C14H11BrN4/c1-19-11-5-3-2-4-9(11)16-14-13-10(17-18-14)6-8(15)7-12(13)19/h2-7H,1H3,(H2,16,17,18). The van der Waals surface area contributed by atoms with Crippen molar-refractivity contribution in [3.05, 3.63) is 46.4 Å². The van der Waals surface area contributed by atoms with Gasteiger partial charge in [-0.2, -0.15) is 0 Å². The zero-order valence-corrected chi connectivity index (χ0v) is 11.8. The number of hydrogen-bond acceptors (Lipinski definition) is 4. The molecule has 0 saturated carbocycles. The molecule has 0 bridgehead atoms. The van der Waals surface area contributed by atoms with Gasteiger partial charge >= 0.3 is 0 Å². The van der Waals surface area contributed by atoms with Gasteiger partial charge in [0.25, 0.3) is 0 Å². The van der Waals surface area contributed by atoms with Crippen LogP contribution in [0, 0.1) is 0 Å². The molecular weight excluding hydrogens is 304 g/mol. The second-order valence-electron chi connectivity index (χ2n) is 4.61. The van der Waals surface area contributed by atoms with Crippen molar-refractivity contribution in [2.45, 2.75) is 0 Å². The van der Waals surface area contributed by atoms with Gasteiger partial charge in [-0.25, -0.2) is 4.99 Å². The maximum absolute atomic E-state index is 4.72. The minimum absolute atomic E-state index is 0.870. The van der Waals surface area contributed by atoms with Crippen LogP contribution in [0.25, 0.3) is 0 Å². The SMILES string of the molecule is CN1c2ccccc2N=C2NNc3cc(Br)cc1c32. The first kappa shape index (κ1) is 10.9. The molecule has 2 aromatic carbocycles. The van der Waals surface area contributed by atoms with Crippen molar-refractivity contribution < 1.29 is 0 Å². The van der Waals surface area contributed by atoms with Crippen LogP contribution in [0.15, 0.2) is 45.9 Å².